The first-order valence-corrected chi connectivity index (χ1v) is 4.57. The summed E-state index contributed by atoms with van der Waals surface area (Å²) in [5.74, 6) is 0.639. The first kappa shape index (κ1) is 10.7. The van der Waals surface area contributed by atoms with Crippen LogP contribution in [0.4, 0.5) is 0 Å². The highest BCUT2D eigenvalue weighted by Gasteiger charge is 2.16. The number of aromatic nitrogens is 3. The van der Waals surface area contributed by atoms with E-state index in [9.17, 15) is 0 Å². The maximum atomic E-state index is 8.81. The van der Waals surface area contributed by atoms with Gasteiger partial charge < -0.3 is 5.73 Å². The Bertz CT molecular complexity index is 333. The zero-order chi connectivity index (χ0) is 10.6. The Morgan fingerprint density at radius 1 is 1.64 bits per heavy atom. The van der Waals surface area contributed by atoms with Gasteiger partial charge in [0.25, 0.3) is 0 Å². The molecule has 0 aliphatic rings. The van der Waals surface area contributed by atoms with E-state index in [1.54, 1.807) is 11.0 Å². The molecule has 0 bridgehead atoms. The second-order valence-corrected chi connectivity index (χ2v) is 3.87. The van der Waals surface area contributed by atoms with E-state index in [1.807, 2.05) is 13.8 Å². The largest absolute Gasteiger partial charge is 0.324 e. The van der Waals surface area contributed by atoms with E-state index >= 15 is 0 Å². The van der Waals surface area contributed by atoms with Gasteiger partial charge in [-0.25, -0.2) is 4.98 Å². The zero-order valence-electron chi connectivity index (χ0n) is 8.56. The molecule has 0 aliphatic heterocycles. The number of hydrogen-bond acceptors (Lipinski definition) is 4. The molecule has 0 fully saturated rings. The lowest BCUT2D eigenvalue weighted by Crippen LogP contribution is -2.13. The molecule has 0 saturated heterocycles. The predicted molar refractivity (Wildman–Crippen MR) is 51.9 cm³/mol. The molecule has 1 aromatic rings. The van der Waals surface area contributed by atoms with Crippen LogP contribution < -0.4 is 5.73 Å². The molecule has 2 N–H and O–H groups in total. The van der Waals surface area contributed by atoms with Crippen LogP contribution in [0.1, 0.15) is 26.1 Å². The minimum absolute atomic E-state index is 0.311. The van der Waals surface area contributed by atoms with Gasteiger partial charge in [-0.2, -0.15) is 10.4 Å². The molecule has 1 heterocycles. The minimum atomic E-state index is -0.311. The fourth-order valence-electron chi connectivity index (χ4n) is 0.984. The SMILES string of the molecule is CC(C)(C#N)CCn1cnc(CN)n1. The summed E-state index contributed by atoms with van der Waals surface area (Å²) >= 11 is 0. The highest BCUT2D eigenvalue weighted by molar-refractivity contribution is 4.91. The summed E-state index contributed by atoms with van der Waals surface area (Å²) in [4.78, 5) is 4.01. The molecule has 1 aromatic heterocycles. The minimum Gasteiger partial charge on any atom is -0.324 e. The van der Waals surface area contributed by atoms with Crippen molar-refractivity contribution >= 4 is 0 Å². The number of nitrogens with two attached hydrogens (primary N) is 1. The molecule has 0 unspecified atom stereocenters. The van der Waals surface area contributed by atoms with Crippen LogP contribution in [-0.2, 0) is 13.1 Å². The van der Waals surface area contributed by atoms with Crippen molar-refractivity contribution in [2.45, 2.75) is 33.4 Å². The number of nitrogens with zero attached hydrogens (tertiary/aromatic N) is 4. The fourth-order valence-corrected chi connectivity index (χ4v) is 0.984. The van der Waals surface area contributed by atoms with E-state index < -0.39 is 0 Å². The highest BCUT2D eigenvalue weighted by atomic mass is 15.3. The molecule has 1 rings (SSSR count). The molecular formula is C9H15N5. The third kappa shape index (κ3) is 2.82. The normalized spacial score (nSPS) is 11.3. The van der Waals surface area contributed by atoms with Crippen LogP contribution in [0.15, 0.2) is 6.33 Å². The molecule has 5 nitrogen and oxygen atoms in total. The molecule has 76 valence electrons. The van der Waals surface area contributed by atoms with Crippen molar-refractivity contribution in [1.29, 1.82) is 5.26 Å². The molecule has 0 aromatic carbocycles. The molecule has 5 heteroatoms. The highest BCUT2D eigenvalue weighted by Crippen LogP contribution is 2.18. The summed E-state index contributed by atoms with van der Waals surface area (Å²) in [5.41, 5.74) is 5.07. The Balaban J connectivity index is 2.50. The molecule has 0 radical (unpaired) electrons. The zero-order valence-corrected chi connectivity index (χ0v) is 8.56. The Kier molecular flexibility index (Phi) is 3.20. The van der Waals surface area contributed by atoms with Crippen LogP contribution in [0.5, 0.6) is 0 Å². The van der Waals surface area contributed by atoms with Crippen LogP contribution >= 0.6 is 0 Å². The summed E-state index contributed by atoms with van der Waals surface area (Å²) in [6.45, 7) is 4.88. The fraction of sp³-hybridized carbons (Fsp3) is 0.667. The van der Waals surface area contributed by atoms with Crippen molar-refractivity contribution in [3.63, 3.8) is 0 Å². The lowest BCUT2D eigenvalue weighted by Gasteiger charge is -2.13. The van der Waals surface area contributed by atoms with E-state index in [-0.39, 0.29) is 5.41 Å². The Morgan fingerprint density at radius 3 is 2.86 bits per heavy atom. The van der Waals surface area contributed by atoms with Crippen molar-refractivity contribution in [1.82, 2.24) is 14.8 Å². The third-order valence-corrected chi connectivity index (χ3v) is 2.04. The maximum absolute atomic E-state index is 8.81. The average Bonchev–Trinajstić information content (AvgIpc) is 2.63. The van der Waals surface area contributed by atoms with E-state index in [0.29, 0.717) is 18.9 Å². The van der Waals surface area contributed by atoms with Crippen molar-refractivity contribution < 1.29 is 0 Å². The number of rotatable bonds is 4. The van der Waals surface area contributed by atoms with Crippen LogP contribution in [0.25, 0.3) is 0 Å². The molecule has 0 spiro atoms. The first-order chi connectivity index (χ1) is 6.57. The average molecular weight is 193 g/mol. The van der Waals surface area contributed by atoms with Gasteiger partial charge in [-0.15, -0.1) is 0 Å². The Morgan fingerprint density at radius 2 is 2.36 bits per heavy atom. The van der Waals surface area contributed by atoms with Crippen LogP contribution in [0, 0.1) is 16.7 Å². The molecule has 14 heavy (non-hydrogen) atoms. The topological polar surface area (TPSA) is 80.5 Å². The van der Waals surface area contributed by atoms with Crippen molar-refractivity contribution in [2.24, 2.45) is 11.1 Å². The van der Waals surface area contributed by atoms with Crippen molar-refractivity contribution in [2.75, 3.05) is 0 Å². The lowest BCUT2D eigenvalue weighted by atomic mass is 9.92. The molecule has 0 aliphatic carbocycles. The number of aryl methyl sites for hydroxylation is 1. The van der Waals surface area contributed by atoms with Gasteiger partial charge in [-0.3, -0.25) is 4.68 Å². The Labute approximate surface area is 83.5 Å². The van der Waals surface area contributed by atoms with Gasteiger partial charge in [0.1, 0.15) is 6.33 Å². The summed E-state index contributed by atoms with van der Waals surface area (Å²) < 4.78 is 1.72. The first-order valence-electron chi connectivity index (χ1n) is 4.57. The van der Waals surface area contributed by atoms with E-state index in [2.05, 4.69) is 16.2 Å². The van der Waals surface area contributed by atoms with Gasteiger partial charge in [0, 0.05) is 6.54 Å². The molecular weight excluding hydrogens is 178 g/mol. The van der Waals surface area contributed by atoms with Gasteiger partial charge in [0.15, 0.2) is 5.82 Å². The second kappa shape index (κ2) is 4.20. The molecule has 0 amide bonds. The summed E-state index contributed by atoms with van der Waals surface area (Å²) in [6, 6.07) is 2.25. The summed E-state index contributed by atoms with van der Waals surface area (Å²) in [7, 11) is 0. The van der Waals surface area contributed by atoms with Gasteiger partial charge in [-0.05, 0) is 20.3 Å². The quantitative estimate of drug-likeness (QED) is 0.762. The van der Waals surface area contributed by atoms with Crippen LogP contribution in [-0.4, -0.2) is 14.8 Å². The van der Waals surface area contributed by atoms with Gasteiger partial charge >= 0.3 is 0 Å². The van der Waals surface area contributed by atoms with E-state index in [0.717, 1.165) is 6.42 Å². The van der Waals surface area contributed by atoms with Gasteiger partial charge in [0.05, 0.1) is 18.0 Å². The second-order valence-electron chi connectivity index (χ2n) is 3.87. The number of hydrogen-bond donors (Lipinski definition) is 1. The van der Waals surface area contributed by atoms with Crippen LogP contribution in [0.3, 0.4) is 0 Å². The summed E-state index contributed by atoms with van der Waals surface area (Å²) in [5, 5.41) is 12.9. The third-order valence-electron chi connectivity index (χ3n) is 2.04. The van der Waals surface area contributed by atoms with Gasteiger partial charge in [0.2, 0.25) is 0 Å². The van der Waals surface area contributed by atoms with E-state index in [4.69, 9.17) is 11.0 Å². The van der Waals surface area contributed by atoms with Gasteiger partial charge in [-0.1, -0.05) is 0 Å². The smallest absolute Gasteiger partial charge is 0.164 e. The maximum Gasteiger partial charge on any atom is 0.164 e. The predicted octanol–water partition coefficient (Wildman–Crippen LogP) is 0.677. The number of nitriles is 1. The van der Waals surface area contributed by atoms with Crippen LogP contribution in [0.2, 0.25) is 0 Å². The monoisotopic (exact) mass is 193 g/mol. The van der Waals surface area contributed by atoms with Crippen molar-refractivity contribution in [3.05, 3.63) is 12.2 Å². The summed E-state index contributed by atoms with van der Waals surface area (Å²) in [6.07, 6.45) is 2.41. The standard InChI is InChI=1S/C9H15N5/c1-9(2,6-11)3-4-14-7-12-8(5-10)13-14/h7H,3-5,10H2,1-2H3. The van der Waals surface area contributed by atoms with E-state index in [1.165, 1.54) is 0 Å². The lowest BCUT2D eigenvalue weighted by molar-refractivity contribution is 0.397. The Hall–Kier alpha value is -1.41. The van der Waals surface area contributed by atoms with Crippen molar-refractivity contribution in [3.8, 4) is 6.07 Å². The molecule has 0 atom stereocenters. The molecule has 0 saturated carbocycles.